The third kappa shape index (κ3) is 2.49. The summed E-state index contributed by atoms with van der Waals surface area (Å²) in [5.41, 5.74) is 1.06. The third-order valence-corrected chi connectivity index (χ3v) is 2.46. The van der Waals surface area contributed by atoms with E-state index < -0.39 is 0 Å². The van der Waals surface area contributed by atoms with E-state index in [-0.39, 0.29) is 0 Å². The molecule has 14 heavy (non-hydrogen) atoms. The van der Waals surface area contributed by atoms with Crippen molar-refractivity contribution in [2.75, 3.05) is 19.6 Å². The summed E-state index contributed by atoms with van der Waals surface area (Å²) in [5, 5.41) is 3.42. The van der Waals surface area contributed by atoms with Gasteiger partial charge in [-0.25, -0.2) is 0 Å². The van der Waals surface area contributed by atoms with Gasteiger partial charge in [-0.1, -0.05) is 0 Å². The van der Waals surface area contributed by atoms with Crippen LogP contribution in [0.15, 0.2) is 18.6 Å². The fraction of sp³-hybridized carbons (Fsp3) is 0.600. The van der Waals surface area contributed by atoms with Crippen LogP contribution in [0, 0.1) is 0 Å². The van der Waals surface area contributed by atoms with Crippen molar-refractivity contribution < 1.29 is 0 Å². The highest BCUT2D eigenvalue weighted by atomic mass is 15.2. The minimum atomic E-state index is 0.584. The van der Waals surface area contributed by atoms with Crippen LogP contribution in [0.5, 0.6) is 0 Å². The van der Waals surface area contributed by atoms with Crippen LogP contribution in [0.1, 0.15) is 12.6 Å². The summed E-state index contributed by atoms with van der Waals surface area (Å²) in [6.07, 6.45) is 5.30. The van der Waals surface area contributed by atoms with Crippen LogP contribution in [-0.4, -0.2) is 40.5 Å². The molecule has 0 saturated carbocycles. The zero-order valence-electron chi connectivity index (χ0n) is 8.48. The van der Waals surface area contributed by atoms with E-state index in [1.165, 1.54) is 0 Å². The summed E-state index contributed by atoms with van der Waals surface area (Å²) in [6, 6.07) is 0.584. The predicted molar refractivity (Wildman–Crippen MR) is 54.8 cm³/mol. The number of hydrogen-bond acceptors (Lipinski definition) is 4. The monoisotopic (exact) mass is 192 g/mol. The van der Waals surface area contributed by atoms with Gasteiger partial charge in [0.25, 0.3) is 0 Å². The molecule has 1 atom stereocenters. The molecule has 1 aromatic rings. The Labute approximate surface area is 84.4 Å². The smallest absolute Gasteiger partial charge is 0.0726 e. The third-order valence-electron chi connectivity index (χ3n) is 2.46. The summed E-state index contributed by atoms with van der Waals surface area (Å²) in [5.74, 6) is 0. The van der Waals surface area contributed by atoms with Gasteiger partial charge in [-0.3, -0.25) is 14.9 Å². The maximum absolute atomic E-state index is 4.27. The molecule has 4 nitrogen and oxygen atoms in total. The first-order valence-corrected chi connectivity index (χ1v) is 5.05. The van der Waals surface area contributed by atoms with Crippen molar-refractivity contribution in [2.45, 2.75) is 19.5 Å². The van der Waals surface area contributed by atoms with Gasteiger partial charge in [-0.2, -0.15) is 0 Å². The Hall–Kier alpha value is -1.00. The van der Waals surface area contributed by atoms with Gasteiger partial charge in [0.05, 0.1) is 5.69 Å². The van der Waals surface area contributed by atoms with E-state index in [9.17, 15) is 0 Å². The van der Waals surface area contributed by atoms with Crippen LogP contribution in [0.25, 0.3) is 0 Å². The van der Waals surface area contributed by atoms with Gasteiger partial charge in [0.15, 0.2) is 0 Å². The molecule has 0 spiro atoms. The highest BCUT2D eigenvalue weighted by molar-refractivity contribution is 4.95. The lowest BCUT2D eigenvalue weighted by atomic mass is 10.2. The quantitative estimate of drug-likeness (QED) is 0.730. The lowest BCUT2D eigenvalue weighted by Crippen LogP contribution is -2.48. The van der Waals surface area contributed by atoms with Crippen molar-refractivity contribution in [1.29, 1.82) is 0 Å². The van der Waals surface area contributed by atoms with Crippen LogP contribution in [0.2, 0.25) is 0 Å². The Morgan fingerprint density at radius 1 is 1.57 bits per heavy atom. The Balaban J connectivity index is 1.91. The molecule has 76 valence electrons. The molecule has 1 aromatic heterocycles. The molecule has 0 bridgehead atoms. The maximum atomic E-state index is 4.27. The first kappa shape index (κ1) is 9.55. The second kappa shape index (κ2) is 4.48. The Morgan fingerprint density at radius 3 is 3.21 bits per heavy atom. The van der Waals surface area contributed by atoms with E-state index >= 15 is 0 Å². The fourth-order valence-corrected chi connectivity index (χ4v) is 1.80. The highest BCUT2D eigenvalue weighted by Crippen LogP contribution is 2.03. The minimum absolute atomic E-state index is 0.584. The molecular formula is C10H16N4. The van der Waals surface area contributed by atoms with E-state index in [4.69, 9.17) is 0 Å². The summed E-state index contributed by atoms with van der Waals surface area (Å²) in [4.78, 5) is 10.7. The van der Waals surface area contributed by atoms with Gasteiger partial charge >= 0.3 is 0 Å². The van der Waals surface area contributed by atoms with Crippen LogP contribution >= 0.6 is 0 Å². The van der Waals surface area contributed by atoms with E-state index in [0.29, 0.717) is 6.04 Å². The van der Waals surface area contributed by atoms with Crippen LogP contribution in [-0.2, 0) is 6.54 Å². The number of nitrogens with one attached hydrogen (secondary N) is 1. The molecule has 1 N–H and O–H groups in total. The summed E-state index contributed by atoms with van der Waals surface area (Å²) in [6.45, 7) is 6.39. The lowest BCUT2D eigenvalue weighted by molar-refractivity contribution is 0.197. The first-order valence-electron chi connectivity index (χ1n) is 5.05. The van der Waals surface area contributed by atoms with Crippen LogP contribution in [0.3, 0.4) is 0 Å². The Bertz CT molecular complexity index is 275. The number of nitrogens with zero attached hydrogens (tertiary/aromatic N) is 3. The lowest BCUT2D eigenvalue weighted by Gasteiger charge is -2.31. The Morgan fingerprint density at radius 2 is 2.50 bits per heavy atom. The second-order valence-corrected chi connectivity index (χ2v) is 3.79. The second-order valence-electron chi connectivity index (χ2n) is 3.79. The fourth-order valence-electron chi connectivity index (χ4n) is 1.80. The van der Waals surface area contributed by atoms with E-state index in [2.05, 4.69) is 27.1 Å². The molecule has 2 heterocycles. The molecule has 2 rings (SSSR count). The molecular weight excluding hydrogens is 176 g/mol. The van der Waals surface area contributed by atoms with Crippen molar-refractivity contribution in [3.05, 3.63) is 24.3 Å². The van der Waals surface area contributed by atoms with Gasteiger partial charge in [0, 0.05) is 50.8 Å². The largest absolute Gasteiger partial charge is 0.312 e. The van der Waals surface area contributed by atoms with Crippen molar-refractivity contribution in [1.82, 2.24) is 20.2 Å². The Kier molecular flexibility index (Phi) is 3.06. The number of piperazine rings is 1. The summed E-state index contributed by atoms with van der Waals surface area (Å²) >= 11 is 0. The first-order chi connectivity index (χ1) is 6.84. The topological polar surface area (TPSA) is 41.1 Å². The molecule has 0 aromatic carbocycles. The molecule has 1 saturated heterocycles. The molecule has 0 radical (unpaired) electrons. The van der Waals surface area contributed by atoms with Crippen LogP contribution in [0.4, 0.5) is 0 Å². The molecule has 1 aliphatic rings. The predicted octanol–water partition coefficient (Wildman–Crippen LogP) is 0.270. The summed E-state index contributed by atoms with van der Waals surface area (Å²) < 4.78 is 0. The van der Waals surface area contributed by atoms with Gasteiger partial charge in [-0.15, -0.1) is 0 Å². The van der Waals surface area contributed by atoms with Crippen molar-refractivity contribution in [3.8, 4) is 0 Å². The normalized spacial score (nSPS) is 23.6. The van der Waals surface area contributed by atoms with Crippen molar-refractivity contribution in [3.63, 3.8) is 0 Å². The van der Waals surface area contributed by atoms with E-state index in [0.717, 1.165) is 31.9 Å². The minimum Gasteiger partial charge on any atom is -0.312 e. The number of rotatable bonds is 2. The molecule has 0 amide bonds. The molecule has 0 unspecified atom stereocenters. The molecule has 4 heteroatoms. The average molecular weight is 192 g/mol. The summed E-state index contributed by atoms with van der Waals surface area (Å²) in [7, 11) is 0. The standard InChI is InChI=1S/C10H16N4/c1-9-7-14(5-4-12-9)8-10-6-11-2-3-13-10/h2-3,6,9,12H,4-5,7-8H2,1H3/t9-/m1/s1. The van der Waals surface area contributed by atoms with Crippen molar-refractivity contribution in [2.24, 2.45) is 0 Å². The van der Waals surface area contributed by atoms with E-state index in [1.54, 1.807) is 12.4 Å². The van der Waals surface area contributed by atoms with Gasteiger partial charge < -0.3 is 5.32 Å². The molecule has 1 aliphatic heterocycles. The molecule has 0 aliphatic carbocycles. The SMILES string of the molecule is C[C@@H]1CN(Cc2cnccn2)CCN1. The molecule has 1 fully saturated rings. The number of hydrogen-bond donors (Lipinski definition) is 1. The zero-order valence-corrected chi connectivity index (χ0v) is 8.48. The van der Waals surface area contributed by atoms with Crippen molar-refractivity contribution >= 4 is 0 Å². The average Bonchev–Trinajstić information content (AvgIpc) is 2.19. The van der Waals surface area contributed by atoms with E-state index in [1.807, 2.05) is 6.20 Å². The zero-order chi connectivity index (χ0) is 9.80. The maximum Gasteiger partial charge on any atom is 0.0726 e. The number of aromatic nitrogens is 2. The van der Waals surface area contributed by atoms with Crippen LogP contribution < -0.4 is 5.32 Å². The van der Waals surface area contributed by atoms with Gasteiger partial charge in [0.2, 0.25) is 0 Å². The van der Waals surface area contributed by atoms with Gasteiger partial charge in [-0.05, 0) is 6.92 Å². The van der Waals surface area contributed by atoms with Gasteiger partial charge in [0.1, 0.15) is 0 Å². The highest BCUT2D eigenvalue weighted by Gasteiger charge is 2.15.